The van der Waals surface area contributed by atoms with Crippen LogP contribution >= 0.6 is 11.3 Å². The molecule has 1 fully saturated rings. The molecule has 1 aliphatic heterocycles. The van der Waals surface area contributed by atoms with E-state index in [2.05, 4.69) is 27.0 Å². The van der Waals surface area contributed by atoms with Crippen LogP contribution < -0.4 is 5.32 Å². The molecule has 34 heavy (non-hydrogen) atoms. The lowest BCUT2D eigenvalue weighted by Gasteiger charge is -2.38. The predicted octanol–water partition coefficient (Wildman–Crippen LogP) is 5.09. The maximum Gasteiger partial charge on any atom is 0.287 e. The van der Waals surface area contributed by atoms with Gasteiger partial charge in [0.05, 0.1) is 5.60 Å². The minimum atomic E-state index is -0.890. The van der Waals surface area contributed by atoms with E-state index in [-0.39, 0.29) is 17.5 Å². The van der Waals surface area contributed by atoms with Gasteiger partial charge in [0.15, 0.2) is 5.76 Å². The van der Waals surface area contributed by atoms with Crippen LogP contribution in [0.2, 0.25) is 0 Å². The quantitative estimate of drug-likeness (QED) is 0.388. The van der Waals surface area contributed by atoms with E-state index < -0.39 is 5.60 Å². The van der Waals surface area contributed by atoms with Crippen LogP contribution in [-0.4, -0.2) is 35.5 Å². The zero-order valence-corrected chi connectivity index (χ0v) is 19.6. The normalized spacial score (nSPS) is 16.1. The van der Waals surface area contributed by atoms with E-state index in [1.165, 1.54) is 11.6 Å². The van der Waals surface area contributed by atoms with Crippen molar-refractivity contribution >= 4 is 28.2 Å². The number of nitrogens with zero attached hydrogens (tertiary/aromatic N) is 1. The highest BCUT2D eigenvalue weighted by molar-refractivity contribution is 7.07. The number of hydrogen-bond acceptors (Lipinski definition) is 5. The van der Waals surface area contributed by atoms with Crippen molar-refractivity contribution in [2.75, 3.05) is 19.6 Å². The molecule has 3 heterocycles. The van der Waals surface area contributed by atoms with E-state index in [4.69, 9.17) is 4.42 Å². The van der Waals surface area contributed by atoms with Crippen LogP contribution in [0, 0.1) is 5.82 Å². The molecule has 4 aromatic rings. The first-order chi connectivity index (χ1) is 16.5. The molecule has 1 aliphatic rings. The minimum absolute atomic E-state index is 0.207. The standard InChI is InChI=1S/C27H27FN2O3S/c28-23-4-2-1-3-20(23)7-11-29-26(31)25-16-21-15-22(5-6-24(21)33-25)27(32)9-12-30(13-10-27)17-19-8-14-34-18-19/h1-6,8,14-16,18,32H,7,9-13,17H2,(H,29,31). The smallest absolute Gasteiger partial charge is 0.287 e. The molecule has 0 bridgehead atoms. The molecule has 7 heteroatoms. The second kappa shape index (κ2) is 9.70. The van der Waals surface area contributed by atoms with Crippen LogP contribution in [0.5, 0.6) is 0 Å². The molecule has 0 unspecified atom stereocenters. The van der Waals surface area contributed by atoms with Crippen molar-refractivity contribution in [1.29, 1.82) is 0 Å². The summed E-state index contributed by atoms with van der Waals surface area (Å²) in [7, 11) is 0. The van der Waals surface area contributed by atoms with Gasteiger partial charge in [-0.2, -0.15) is 11.3 Å². The van der Waals surface area contributed by atoms with Crippen LogP contribution in [0.3, 0.4) is 0 Å². The minimum Gasteiger partial charge on any atom is -0.451 e. The lowest BCUT2D eigenvalue weighted by molar-refractivity contribution is -0.0276. The maximum absolute atomic E-state index is 13.8. The van der Waals surface area contributed by atoms with E-state index in [9.17, 15) is 14.3 Å². The average Bonchev–Trinajstić information content (AvgIpc) is 3.51. The molecule has 0 saturated carbocycles. The number of benzene rings is 2. The first-order valence-corrected chi connectivity index (χ1v) is 12.5. The SMILES string of the molecule is O=C(NCCc1ccccc1F)c1cc2cc(C3(O)CCN(Cc4ccsc4)CC3)ccc2o1. The van der Waals surface area contributed by atoms with Crippen LogP contribution in [0.4, 0.5) is 4.39 Å². The van der Waals surface area contributed by atoms with Crippen molar-refractivity contribution in [3.8, 4) is 0 Å². The molecule has 1 amide bonds. The Morgan fingerprint density at radius 3 is 2.74 bits per heavy atom. The number of hydrogen-bond donors (Lipinski definition) is 2. The summed E-state index contributed by atoms with van der Waals surface area (Å²) in [5.74, 6) is -0.406. The molecule has 176 valence electrons. The zero-order valence-electron chi connectivity index (χ0n) is 18.8. The fourth-order valence-corrected chi connectivity index (χ4v) is 5.21. The summed E-state index contributed by atoms with van der Waals surface area (Å²) in [6, 6.07) is 16.0. The second-order valence-corrected chi connectivity index (χ2v) is 9.68. The van der Waals surface area contributed by atoms with Crippen LogP contribution in [-0.2, 0) is 18.6 Å². The van der Waals surface area contributed by atoms with Crippen LogP contribution in [0.25, 0.3) is 11.0 Å². The topological polar surface area (TPSA) is 65.7 Å². The molecule has 5 nitrogen and oxygen atoms in total. The Balaban J connectivity index is 1.22. The number of rotatable bonds is 7. The second-order valence-electron chi connectivity index (χ2n) is 8.90. The molecular formula is C27H27FN2O3S. The lowest BCUT2D eigenvalue weighted by atomic mass is 9.84. The van der Waals surface area contributed by atoms with E-state index in [0.717, 1.165) is 30.6 Å². The number of aliphatic hydroxyl groups is 1. The third-order valence-corrected chi connectivity index (χ3v) is 7.32. The van der Waals surface area contributed by atoms with Gasteiger partial charge in [0, 0.05) is 31.6 Å². The molecular weight excluding hydrogens is 451 g/mol. The molecule has 2 N–H and O–H groups in total. The van der Waals surface area contributed by atoms with E-state index in [1.54, 1.807) is 35.6 Å². The van der Waals surface area contributed by atoms with Crippen LogP contribution in [0.15, 0.2) is 69.8 Å². The summed E-state index contributed by atoms with van der Waals surface area (Å²) < 4.78 is 19.5. The zero-order chi connectivity index (χ0) is 23.5. The predicted molar refractivity (Wildman–Crippen MR) is 131 cm³/mol. The summed E-state index contributed by atoms with van der Waals surface area (Å²) >= 11 is 1.71. The number of piperidine rings is 1. The summed E-state index contributed by atoms with van der Waals surface area (Å²) in [5.41, 5.74) is 2.43. The summed E-state index contributed by atoms with van der Waals surface area (Å²) in [4.78, 5) is 14.9. The third kappa shape index (κ3) is 4.92. The van der Waals surface area contributed by atoms with Gasteiger partial charge in [0.2, 0.25) is 0 Å². The monoisotopic (exact) mass is 478 g/mol. The molecule has 0 radical (unpaired) electrons. The Morgan fingerprint density at radius 1 is 1.15 bits per heavy atom. The molecule has 0 spiro atoms. The van der Waals surface area contributed by atoms with Crippen molar-refractivity contribution in [1.82, 2.24) is 10.2 Å². The summed E-state index contributed by atoms with van der Waals surface area (Å²) in [6.07, 6.45) is 1.72. The first-order valence-electron chi connectivity index (χ1n) is 11.5. The van der Waals surface area contributed by atoms with Gasteiger partial charge >= 0.3 is 0 Å². The highest BCUT2D eigenvalue weighted by Gasteiger charge is 2.34. The molecule has 0 aliphatic carbocycles. The van der Waals surface area contributed by atoms with Gasteiger partial charge in [-0.25, -0.2) is 4.39 Å². The highest BCUT2D eigenvalue weighted by atomic mass is 32.1. The van der Waals surface area contributed by atoms with E-state index >= 15 is 0 Å². The Bertz CT molecular complexity index is 1280. The Kier molecular flexibility index (Phi) is 6.50. The molecule has 2 aromatic carbocycles. The van der Waals surface area contributed by atoms with Crippen molar-refractivity contribution in [3.05, 3.63) is 93.6 Å². The maximum atomic E-state index is 13.8. The number of thiophene rings is 1. The number of halogens is 1. The lowest BCUT2D eigenvalue weighted by Crippen LogP contribution is -2.42. The van der Waals surface area contributed by atoms with Crippen molar-refractivity contribution in [2.45, 2.75) is 31.4 Å². The number of nitrogens with one attached hydrogen (secondary N) is 1. The fraction of sp³-hybridized carbons (Fsp3) is 0.296. The van der Waals surface area contributed by atoms with Gasteiger partial charge in [-0.15, -0.1) is 0 Å². The van der Waals surface area contributed by atoms with Gasteiger partial charge in [-0.3, -0.25) is 9.69 Å². The van der Waals surface area contributed by atoms with Crippen molar-refractivity contribution in [2.24, 2.45) is 0 Å². The van der Waals surface area contributed by atoms with Gasteiger partial charge in [0.1, 0.15) is 11.4 Å². The largest absolute Gasteiger partial charge is 0.451 e. The fourth-order valence-electron chi connectivity index (χ4n) is 4.55. The van der Waals surface area contributed by atoms with E-state index in [1.807, 2.05) is 18.2 Å². The first kappa shape index (κ1) is 22.8. The number of amides is 1. The van der Waals surface area contributed by atoms with Gasteiger partial charge < -0.3 is 14.8 Å². The Morgan fingerprint density at radius 2 is 1.97 bits per heavy atom. The number of carbonyl (C=O) groups excluding carboxylic acids is 1. The third-order valence-electron chi connectivity index (χ3n) is 6.58. The van der Waals surface area contributed by atoms with Crippen molar-refractivity contribution < 1.29 is 18.7 Å². The Labute approximate surface area is 201 Å². The van der Waals surface area contributed by atoms with E-state index in [0.29, 0.717) is 37.0 Å². The highest BCUT2D eigenvalue weighted by Crippen LogP contribution is 2.35. The average molecular weight is 479 g/mol. The number of fused-ring (bicyclic) bond motifs is 1. The summed E-state index contributed by atoms with van der Waals surface area (Å²) in [6.45, 7) is 2.87. The van der Waals surface area contributed by atoms with Gasteiger partial charge in [-0.1, -0.05) is 24.3 Å². The number of likely N-dealkylation sites (tertiary alicyclic amines) is 1. The van der Waals surface area contributed by atoms with Gasteiger partial charge in [0.25, 0.3) is 5.91 Å². The molecule has 0 atom stereocenters. The number of carbonyl (C=O) groups is 1. The molecule has 5 rings (SSSR count). The van der Waals surface area contributed by atoms with Crippen molar-refractivity contribution in [3.63, 3.8) is 0 Å². The number of furan rings is 1. The summed E-state index contributed by atoms with van der Waals surface area (Å²) in [5, 5.41) is 19.2. The molecule has 2 aromatic heterocycles. The van der Waals surface area contributed by atoms with Crippen LogP contribution in [0.1, 0.15) is 40.1 Å². The Hall–Kier alpha value is -3.00. The van der Waals surface area contributed by atoms with Gasteiger partial charge in [-0.05, 0) is 77.0 Å². The molecule has 1 saturated heterocycles.